The van der Waals surface area contributed by atoms with Crippen molar-refractivity contribution in [1.29, 1.82) is 0 Å². The molecule has 1 aliphatic heterocycles. The Kier molecular flexibility index (Phi) is 5.13. The zero-order valence-electron chi connectivity index (χ0n) is 12.1. The lowest BCUT2D eigenvalue weighted by Crippen LogP contribution is -2.44. The van der Waals surface area contributed by atoms with Crippen LogP contribution >= 0.6 is 11.8 Å². The van der Waals surface area contributed by atoms with E-state index in [1.165, 1.54) is 12.8 Å². The summed E-state index contributed by atoms with van der Waals surface area (Å²) in [6, 6.07) is 0.236. The molecule has 2 N–H and O–H groups in total. The number of amidine groups is 1. The molecule has 5 heteroatoms. The van der Waals surface area contributed by atoms with Crippen LogP contribution in [-0.2, 0) is 4.79 Å². The third-order valence-corrected chi connectivity index (χ3v) is 5.22. The fourth-order valence-electron chi connectivity index (χ4n) is 2.33. The van der Waals surface area contributed by atoms with Crippen molar-refractivity contribution in [1.82, 2.24) is 10.6 Å². The van der Waals surface area contributed by atoms with Crippen LogP contribution in [0.1, 0.15) is 46.5 Å². The van der Waals surface area contributed by atoms with Crippen molar-refractivity contribution in [3.05, 3.63) is 0 Å². The minimum atomic E-state index is -0.188. The van der Waals surface area contributed by atoms with E-state index in [1.807, 2.05) is 18.7 Å². The molecule has 0 spiro atoms. The predicted octanol–water partition coefficient (Wildman–Crippen LogP) is 2.15. The molecule has 1 aliphatic carbocycles. The first-order valence-corrected chi connectivity index (χ1v) is 8.30. The third kappa shape index (κ3) is 4.13. The molecule has 0 aromatic heterocycles. The Bertz CT molecular complexity index is 351. The Morgan fingerprint density at radius 1 is 1.42 bits per heavy atom. The molecular formula is C14H25N3OS. The first-order valence-electron chi connectivity index (χ1n) is 7.42. The summed E-state index contributed by atoms with van der Waals surface area (Å²) >= 11 is 1.81. The fraction of sp³-hybridized carbons (Fsp3) is 0.857. The molecule has 2 unspecified atom stereocenters. The molecule has 2 aliphatic rings. The van der Waals surface area contributed by atoms with Gasteiger partial charge >= 0.3 is 0 Å². The van der Waals surface area contributed by atoms with Gasteiger partial charge < -0.3 is 10.6 Å². The molecule has 0 aromatic rings. The van der Waals surface area contributed by atoms with Gasteiger partial charge in [-0.3, -0.25) is 9.79 Å². The fourth-order valence-corrected chi connectivity index (χ4v) is 3.74. The number of rotatable bonds is 6. The van der Waals surface area contributed by atoms with Gasteiger partial charge in [-0.15, -0.1) is 0 Å². The topological polar surface area (TPSA) is 53.5 Å². The highest BCUT2D eigenvalue weighted by molar-refractivity contribution is 8.14. The highest BCUT2D eigenvalue weighted by Crippen LogP contribution is 2.30. The summed E-state index contributed by atoms with van der Waals surface area (Å²) in [4.78, 5) is 16.4. The number of amides is 1. The molecule has 108 valence electrons. The summed E-state index contributed by atoms with van der Waals surface area (Å²) in [5.74, 6) is 0.820. The van der Waals surface area contributed by atoms with Crippen LogP contribution in [0.3, 0.4) is 0 Å². The molecule has 0 aromatic carbocycles. The molecule has 0 radical (unpaired) electrons. The summed E-state index contributed by atoms with van der Waals surface area (Å²) in [5, 5.41) is 7.78. The first-order chi connectivity index (χ1) is 9.13. The Hall–Kier alpha value is -0.710. The largest absolute Gasteiger partial charge is 0.353 e. The molecule has 19 heavy (non-hydrogen) atoms. The van der Waals surface area contributed by atoms with Gasteiger partial charge in [0.2, 0.25) is 5.91 Å². The Balaban J connectivity index is 1.75. The molecule has 1 fully saturated rings. The quantitative estimate of drug-likeness (QED) is 0.785. The summed E-state index contributed by atoms with van der Waals surface area (Å²) in [5.41, 5.74) is 0. The van der Waals surface area contributed by atoms with Crippen molar-refractivity contribution in [3.63, 3.8) is 0 Å². The summed E-state index contributed by atoms with van der Waals surface area (Å²) in [6.45, 7) is 7.28. The van der Waals surface area contributed by atoms with E-state index >= 15 is 0 Å². The van der Waals surface area contributed by atoms with Crippen LogP contribution in [0.4, 0.5) is 0 Å². The van der Waals surface area contributed by atoms with Crippen LogP contribution in [0.15, 0.2) is 4.99 Å². The summed E-state index contributed by atoms with van der Waals surface area (Å²) in [6.07, 6.45) is 4.67. The molecule has 0 saturated heterocycles. The van der Waals surface area contributed by atoms with Gasteiger partial charge in [-0.2, -0.15) is 0 Å². The lowest BCUT2D eigenvalue weighted by molar-refractivity contribution is -0.122. The number of nitrogens with one attached hydrogen (secondary N) is 2. The van der Waals surface area contributed by atoms with Gasteiger partial charge in [-0.05, 0) is 25.7 Å². The Morgan fingerprint density at radius 3 is 2.68 bits per heavy atom. The van der Waals surface area contributed by atoms with Gasteiger partial charge in [-0.1, -0.05) is 38.5 Å². The van der Waals surface area contributed by atoms with Crippen LogP contribution in [0.25, 0.3) is 0 Å². The second-order valence-corrected chi connectivity index (χ2v) is 6.76. The van der Waals surface area contributed by atoms with E-state index in [0.717, 1.165) is 30.5 Å². The van der Waals surface area contributed by atoms with Gasteiger partial charge in [-0.25, -0.2) is 0 Å². The Morgan fingerprint density at radius 2 is 2.11 bits per heavy atom. The Labute approximate surface area is 120 Å². The zero-order valence-corrected chi connectivity index (χ0v) is 12.9. The zero-order chi connectivity index (χ0) is 13.8. The van der Waals surface area contributed by atoms with Crippen molar-refractivity contribution in [2.24, 2.45) is 10.9 Å². The number of aliphatic imine (C=N–C) groups is 1. The minimum Gasteiger partial charge on any atom is -0.353 e. The molecular weight excluding hydrogens is 258 g/mol. The highest BCUT2D eigenvalue weighted by atomic mass is 32.2. The van der Waals surface area contributed by atoms with E-state index in [1.54, 1.807) is 0 Å². The van der Waals surface area contributed by atoms with Crippen molar-refractivity contribution < 1.29 is 4.79 Å². The van der Waals surface area contributed by atoms with Crippen LogP contribution < -0.4 is 10.6 Å². The van der Waals surface area contributed by atoms with Crippen LogP contribution in [0.2, 0.25) is 0 Å². The average molecular weight is 283 g/mol. The van der Waals surface area contributed by atoms with E-state index < -0.39 is 0 Å². The number of carbonyl (C=O) groups excluding carboxylic acids is 1. The molecule has 4 nitrogen and oxygen atoms in total. The number of hydrogen-bond donors (Lipinski definition) is 2. The van der Waals surface area contributed by atoms with E-state index in [2.05, 4.69) is 29.5 Å². The monoisotopic (exact) mass is 283 g/mol. The highest BCUT2D eigenvalue weighted by Gasteiger charge is 2.29. The van der Waals surface area contributed by atoms with E-state index in [0.29, 0.717) is 11.3 Å². The standard InChI is InChI=1S/C14H25N3OS/c1-4-10(5-2)12-8-15-14(19-12)16-9(3)13(18)17-11-6-7-11/h9-12H,4-8H2,1-3H3,(H,15,16)(H,17,18). The average Bonchev–Trinajstić information content (AvgIpc) is 3.09. The SMILES string of the molecule is CCC(CC)C1CN=C(NC(C)C(=O)NC2CC2)S1. The maximum Gasteiger partial charge on any atom is 0.242 e. The van der Waals surface area contributed by atoms with Gasteiger partial charge in [0.25, 0.3) is 0 Å². The van der Waals surface area contributed by atoms with Gasteiger partial charge in [0.1, 0.15) is 6.04 Å². The van der Waals surface area contributed by atoms with Crippen molar-refractivity contribution in [2.75, 3.05) is 6.54 Å². The van der Waals surface area contributed by atoms with Crippen molar-refractivity contribution in [3.8, 4) is 0 Å². The van der Waals surface area contributed by atoms with Crippen molar-refractivity contribution >= 4 is 22.8 Å². The molecule has 1 amide bonds. The predicted molar refractivity (Wildman–Crippen MR) is 81.5 cm³/mol. The molecule has 2 rings (SSSR count). The van der Waals surface area contributed by atoms with E-state index in [9.17, 15) is 4.79 Å². The second kappa shape index (κ2) is 6.64. The molecule has 1 saturated carbocycles. The molecule has 1 heterocycles. The van der Waals surface area contributed by atoms with Crippen LogP contribution in [0.5, 0.6) is 0 Å². The maximum absolute atomic E-state index is 11.9. The van der Waals surface area contributed by atoms with Crippen molar-refractivity contribution in [2.45, 2.75) is 63.8 Å². The first kappa shape index (κ1) is 14.7. The lowest BCUT2D eigenvalue weighted by atomic mass is 9.99. The van der Waals surface area contributed by atoms with Gasteiger partial charge in [0.15, 0.2) is 5.17 Å². The molecule has 2 atom stereocenters. The lowest BCUT2D eigenvalue weighted by Gasteiger charge is -2.19. The smallest absolute Gasteiger partial charge is 0.242 e. The van der Waals surface area contributed by atoms with E-state index in [-0.39, 0.29) is 11.9 Å². The van der Waals surface area contributed by atoms with Gasteiger partial charge in [0, 0.05) is 11.3 Å². The number of hydrogen-bond acceptors (Lipinski definition) is 4. The van der Waals surface area contributed by atoms with Gasteiger partial charge in [0.05, 0.1) is 6.54 Å². The number of carbonyl (C=O) groups is 1. The third-order valence-electron chi connectivity index (χ3n) is 3.91. The van der Waals surface area contributed by atoms with Crippen LogP contribution in [0, 0.1) is 5.92 Å². The van der Waals surface area contributed by atoms with Crippen LogP contribution in [-0.4, -0.2) is 35.0 Å². The number of thioether (sulfide) groups is 1. The molecule has 0 bridgehead atoms. The number of nitrogens with zero attached hydrogens (tertiary/aromatic N) is 1. The minimum absolute atomic E-state index is 0.0942. The second-order valence-electron chi connectivity index (χ2n) is 5.53. The maximum atomic E-state index is 11.9. The summed E-state index contributed by atoms with van der Waals surface area (Å²) < 4.78 is 0. The summed E-state index contributed by atoms with van der Waals surface area (Å²) in [7, 11) is 0. The van der Waals surface area contributed by atoms with E-state index in [4.69, 9.17) is 0 Å². The normalized spacial score (nSPS) is 24.2.